The van der Waals surface area contributed by atoms with Gasteiger partial charge in [0.15, 0.2) is 0 Å². The fraction of sp³-hybridized carbons (Fsp3) is 0.278. The summed E-state index contributed by atoms with van der Waals surface area (Å²) in [5, 5.41) is 16.2. The van der Waals surface area contributed by atoms with Crippen molar-refractivity contribution in [3.63, 3.8) is 0 Å². The van der Waals surface area contributed by atoms with Gasteiger partial charge in [-0.1, -0.05) is 61.2 Å². The highest BCUT2D eigenvalue weighted by atomic mass is 32.2. The SMILES string of the molecule is CCc1ccc(CNCCSc2nnnn2-c2ccccc2)cc1. The van der Waals surface area contributed by atoms with Crippen molar-refractivity contribution in [2.45, 2.75) is 25.0 Å². The summed E-state index contributed by atoms with van der Waals surface area (Å²) in [6, 6.07) is 18.7. The third-order valence-corrected chi connectivity index (χ3v) is 4.63. The fourth-order valence-electron chi connectivity index (χ4n) is 2.34. The fourth-order valence-corrected chi connectivity index (χ4v) is 3.13. The molecule has 0 amide bonds. The highest BCUT2D eigenvalue weighted by Gasteiger charge is 2.07. The Hall–Kier alpha value is -2.18. The molecule has 0 radical (unpaired) electrons. The maximum absolute atomic E-state index is 4.10. The molecule has 1 N–H and O–H groups in total. The molecule has 0 aliphatic carbocycles. The number of hydrogen-bond acceptors (Lipinski definition) is 5. The van der Waals surface area contributed by atoms with E-state index in [0.29, 0.717) is 0 Å². The molecule has 0 saturated heterocycles. The van der Waals surface area contributed by atoms with Gasteiger partial charge in [0.05, 0.1) is 5.69 Å². The first-order valence-corrected chi connectivity index (χ1v) is 9.10. The zero-order chi connectivity index (χ0) is 16.6. The predicted molar refractivity (Wildman–Crippen MR) is 97.4 cm³/mol. The molecule has 0 atom stereocenters. The van der Waals surface area contributed by atoms with E-state index in [9.17, 15) is 0 Å². The average molecular weight is 339 g/mol. The van der Waals surface area contributed by atoms with Crippen LogP contribution in [0.3, 0.4) is 0 Å². The minimum absolute atomic E-state index is 0.815. The van der Waals surface area contributed by atoms with Crippen molar-refractivity contribution in [3.8, 4) is 5.69 Å². The minimum Gasteiger partial charge on any atom is -0.312 e. The molecule has 0 unspecified atom stereocenters. The number of para-hydroxylation sites is 1. The number of thioether (sulfide) groups is 1. The quantitative estimate of drug-likeness (QED) is 0.505. The third-order valence-electron chi connectivity index (χ3n) is 3.71. The summed E-state index contributed by atoms with van der Waals surface area (Å²) in [5.41, 5.74) is 3.67. The molecular formula is C18H21N5S. The van der Waals surface area contributed by atoms with Gasteiger partial charge in [-0.3, -0.25) is 0 Å². The van der Waals surface area contributed by atoms with Gasteiger partial charge in [0.1, 0.15) is 0 Å². The van der Waals surface area contributed by atoms with Crippen LogP contribution in [0.1, 0.15) is 18.1 Å². The van der Waals surface area contributed by atoms with Gasteiger partial charge in [-0.05, 0) is 40.1 Å². The first-order valence-electron chi connectivity index (χ1n) is 8.12. The lowest BCUT2D eigenvalue weighted by atomic mass is 10.1. The van der Waals surface area contributed by atoms with Gasteiger partial charge in [0.25, 0.3) is 0 Å². The first-order chi connectivity index (χ1) is 11.9. The molecule has 1 heterocycles. The van der Waals surface area contributed by atoms with Gasteiger partial charge >= 0.3 is 0 Å². The minimum atomic E-state index is 0.815. The van der Waals surface area contributed by atoms with E-state index in [1.54, 1.807) is 16.4 Å². The van der Waals surface area contributed by atoms with E-state index in [-0.39, 0.29) is 0 Å². The maximum Gasteiger partial charge on any atom is 0.214 e. The van der Waals surface area contributed by atoms with Crippen LogP contribution in [0.4, 0.5) is 0 Å². The van der Waals surface area contributed by atoms with E-state index >= 15 is 0 Å². The molecule has 2 aromatic carbocycles. The van der Waals surface area contributed by atoms with Crippen LogP contribution in [0, 0.1) is 0 Å². The molecule has 1 aromatic heterocycles. The Morgan fingerprint density at radius 1 is 1.00 bits per heavy atom. The molecule has 3 rings (SSSR count). The van der Waals surface area contributed by atoms with Crippen molar-refractivity contribution in [2.75, 3.05) is 12.3 Å². The second-order valence-corrected chi connectivity index (χ2v) is 6.47. The van der Waals surface area contributed by atoms with Crippen molar-refractivity contribution in [1.29, 1.82) is 0 Å². The van der Waals surface area contributed by atoms with E-state index in [4.69, 9.17) is 0 Å². The molecule has 3 aromatic rings. The molecule has 0 fully saturated rings. The molecule has 0 saturated carbocycles. The van der Waals surface area contributed by atoms with Crippen LogP contribution in [0.15, 0.2) is 59.8 Å². The molecule has 0 spiro atoms. The second-order valence-electron chi connectivity index (χ2n) is 5.40. The number of aryl methyl sites for hydroxylation is 1. The summed E-state index contributed by atoms with van der Waals surface area (Å²) in [7, 11) is 0. The number of aromatic nitrogens is 4. The number of rotatable bonds is 8. The average Bonchev–Trinajstić information content (AvgIpc) is 3.11. The van der Waals surface area contributed by atoms with E-state index in [1.165, 1.54) is 11.1 Å². The lowest BCUT2D eigenvalue weighted by Crippen LogP contribution is -2.16. The van der Waals surface area contributed by atoms with Crippen molar-refractivity contribution in [2.24, 2.45) is 0 Å². The lowest BCUT2D eigenvalue weighted by molar-refractivity contribution is 0.727. The molecule has 0 bridgehead atoms. The van der Waals surface area contributed by atoms with Gasteiger partial charge in [0, 0.05) is 18.8 Å². The Morgan fingerprint density at radius 3 is 2.50 bits per heavy atom. The summed E-state index contributed by atoms with van der Waals surface area (Å²) in [4.78, 5) is 0. The molecular weight excluding hydrogens is 318 g/mol. The molecule has 0 aliphatic rings. The number of nitrogens with zero attached hydrogens (tertiary/aromatic N) is 4. The maximum atomic E-state index is 4.10. The zero-order valence-electron chi connectivity index (χ0n) is 13.7. The largest absolute Gasteiger partial charge is 0.312 e. The Bertz CT molecular complexity index is 740. The normalized spacial score (nSPS) is 10.9. The van der Waals surface area contributed by atoms with Crippen LogP contribution in [0.2, 0.25) is 0 Å². The Labute approximate surface area is 146 Å². The second kappa shape index (κ2) is 8.61. The topological polar surface area (TPSA) is 55.6 Å². The number of tetrazole rings is 1. The van der Waals surface area contributed by atoms with Crippen molar-refractivity contribution >= 4 is 11.8 Å². The van der Waals surface area contributed by atoms with Crippen LogP contribution in [-0.2, 0) is 13.0 Å². The predicted octanol–water partition coefficient (Wildman–Crippen LogP) is 3.11. The van der Waals surface area contributed by atoms with Gasteiger partial charge in [-0.2, -0.15) is 4.68 Å². The number of benzene rings is 2. The molecule has 124 valence electrons. The number of hydrogen-bond donors (Lipinski definition) is 1. The van der Waals surface area contributed by atoms with Crippen molar-refractivity contribution < 1.29 is 0 Å². The van der Waals surface area contributed by atoms with E-state index in [1.807, 2.05) is 30.3 Å². The number of nitrogens with one attached hydrogen (secondary N) is 1. The van der Waals surface area contributed by atoms with Gasteiger partial charge in [-0.15, -0.1) is 5.10 Å². The van der Waals surface area contributed by atoms with Crippen molar-refractivity contribution in [3.05, 3.63) is 65.7 Å². The zero-order valence-corrected chi connectivity index (χ0v) is 14.5. The Balaban J connectivity index is 1.45. The highest BCUT2D eigenvalue weighted by Crippen LogP contribution is 2.17. The van der Waals surface area contributed by atoms with Crippen LogP contribution in [-0.4, -0.2) is 32.5 Å². The van der Waals surface area contributed by atoms with Crippen LogP contribution in [0.5, 0.6) is 0 Å². The van der Waals surface area contributed by atoms with Gasteiger partial charge < -0.3 is 5.32 Å². The smallest absolute Gasteiger partial charge is 0.214 e. The van der Waals surface area contributed by atoms with Gasteiger partial charge in [0.2, 0.25) is 5.16 Å². The summed E-state index contributed by atoms with van der Waals surface area (Å²) in [5.74, 6) is 0.917. The van der Waals surface area contributed by atoms with Gasteiger partial charge in [-0.25, -0.2) is 0 Å². The van der Waals surface area contributed by atoms with Crippen molar-refractivity contribution in [1.82, 2.24) is 25.5 Å². The molecule has 6 heteroatoms. The van der Waals surface area contributed by atoms with Crippen LogP contribution in [0.25, 0.3) is 5.69 Å². The summed E-state index contributed by atoms with van der Waals surface area (Å²) in [6.07, 6.45) is 1.08. The standard InChI is InChI=1S/C18H21N5S/c1-2-15-8-10-16(11-9-15)14-19-12-13-24-18-20-21-22-23(18)17-6-4-3-5-7-17/h3-11,19H,2,12-14H2,1H3. The summed E-state index contributed by atoms with van der Waals surface area (Å²) in [6.45, 7) is 3.96. The lowest BCUT2D eigenvalue weighted by Gasteiger charge is -2.06. The van der Waals surface area contributed by atoms with Crippen LogP contribution >= 0.6 is 11.8 Å². The van der Waals surface area contributed by atoms with E-state index in [2.05, 4.69) is 52.0 Å². The first kappa shape index (κ1) is 16.7. The summed E-state index contributed by atoms with van der Waals surface area (Å²) < 4.78 is 1.77. The molecule has 0 aliphatic heterocycles. The highest BCUT2D eigenvalue weighted by molar-refractivity contribution is 7.99. The Morgan fingerprint density at radius 2 is 1.75 bits per heavy atom. The summed E-state index contributed by atoms with van der Waals surface area (Å²) >= 11 is 1.65. The monoisotopic (exact) mass is 339 g/mol. The molecule has 24 heavy (non-hydrogen) atoms. The van der Waals surface area contributed by atoms with Crippen LogP contribution < -0.4 is 5.32 Å². The molecule has 5 nitrogen and oxygen atoms in total. The third kappa shape index (κ3) is 4.43. The Kier molecular flexibility index (Phi) is 5.98. The van der Waals surface area contributed by atoms with E-state index < -0.39 is 0 Å². The van der Waals surface area contributed by atoms with E-state index in [0.717, 1.165) is 36.1 Å².